The third-order valence-electron chi connectivity index (χ3n) is 3.59. The number of halogens is 2. The minimum Gasteiger partial charge on any atom is -0.490 e. The van der Waals surface area contributed by atoms with Crippen LogP contribution < -0.4 is 14.8 Å². The van der Waals surface area contributed by atoms with Gasteiger partial charge in [0.15, 0.2) is 11.5 Å². The lowest BCUT2D eigenvalue weighted by Crippen LogP contribution is -2.27. The standard InChI is InChI=1S/C15H19F2NO3/c1-3-11-10(8-14(19)18-11)9-5-6-12(21-15(16)17)13(7-9)20-4-2/h5-7,10-11,15H,3-4,8H2,1-2H3,(H,18,19). The summed E-state index contributed by atoms with van der Waals surface area (Å²) in [5, 5.41) is 2.92. The van der Waals surface area contributed by atoms with Gasteiger partial charge in [-0.2, -0.15) is 8.78 Å². The van der Waals surface area contributed by atoms with Crippen molar-refractivity contribution in [1.29, 1.82) is 0 Å². The highest BCUT2D eigenvalue weighted by Crippen LogP contribution is 2.36. The Kier molecular flexibility index (Phi) is 4.98. The maximum Gasteiger partial charge on any atom is 0.387 e. The minimum atomic E-state index is -2.90. The summed E-state index contributed by atoms with van der Waals surface area (Å²) in [6.07, 6.45) is 1.22. The van der Waals surface area contributed by atoms with Crippen molar-refractivity contribution in [3.63, 3.8) is 0 Å². The van der Waals surface area contributed by atoms with E-state index in [1.165, 1.54) is 6.07 Å². The zero-order chi connectivity index (χ0) is 15.4. The molecule has 1 amide bonds. The van der Waals surface area contributed by atoms with Gasteiger partial charge in [0.05, 0.1) is 6.61 Å². The van der Waals surface area contributed by atoms with E-state index in [2.05, 4.69) is 10.1 Å². The van der Waals surface area contributed by atoms with Crippen molar-refractivity contribution in [2.45, 2.75) is 45.3 Å². The molecule has 0 aliphatic carbocycles. The monoisotopic (exact) mass is 299 g/mol. The zero-order valence-corrected chi connectivity index (χ0v) is 12.1. The minimum absolute atomic E-state index is 0.0118. The molecule has 1 saturated heterocycles. The Morgan fingerprint density at radius 2 is 2.10 bits per heavy atom. The van der Waals surface area contributed by atoms with Crippen LogP contribution in [0.15, 0.2) is 18.2 Å². The molecule has 2 unspecified atom stereocenters. The fourth-order valence-corrected chi connectivity index (χ4v) is 2.66. The average Bonchev–Trinajstić information content (AvgIpc) is 2.81. The van der Waals surface area contributed by atoms with Gasteiger partial charge in [0.25, 0.3) is 0 Å². The van der Waals surface area contributed by atoms with Crippen LogP contribution in [0.3, 0.4) is 0 Å². The van der Waals surface area contributed by atoms with Gasteiger partial charge >= 0.3 is 6.61 Å². The molecule has 0 bridgehead atoms. The van der Waals surface area contributed by atoms with Gasteiger partial charge < -0.3 is 14.8 Å². The van der Waals surface area contributed by atoms with Crippen molar-refractivity contribution >= 4 is 5.91 Å². The topological polar surface area (TPSA) is 47.6 Å². The van der Waals surface area contributed by atoms with Crippen molar-refractivity contribution in [3.05, 3.63) is 23.8 Å². The number of hydrogen-bond donors (Lipinski definition) is 1. The largest absolute Gasteiger partial charge is 0.490 e. The molecule has 21 heavy (non-hydrogen) atoms. The molecule has 116 valence electrons. The van der Waals surface area contributed by atoms with Crippen LogP contribution in [0, 0.1) is 0 Å². The van der Waals surface area contributed by atoms with Crippen LogP contribution in [0.1, 0.15) is 38.2 Å². The molecular formula is C15H19F2NO3. The molecule has 6 heteroatoms. The van der Waals surface area contributed by atoms with E-state index in [0.717, 1.165) is 12.0 Å². The average molecular weight is 299 g/mol. The van der Waals surface area contributed by atoms with Gasteiger partial charge in [0.1, 0.15) is 0 Å². The number of hydrogen-bond acceptors (Lipinski definition) is 3. The Balaban J connectivity index is 2.28. The third kappa shape index (κ3) is 3.62. The first-order valence-electron chi connectivity index (χ1n) is 7.06. The van der Waals surface area contributed by atoms with Crippen LogP contribution in [0.4, 0.5) is 8.78 Å². The SMILES string of the molecule is CCOc1cc(C2CC(=O)NC2CC)ccc1OC(F)F. The highest BCUT2D eigenvalue weighted by Gasteiger charge is 2.32. The molecular weight excluding hydrogens is 280 g/mol. The lowest BCUT2D eigenvalue weighted by molar-refractivity contribution is -0.119. The number of benzene rings is 1. The smallest absolute Gasteiger partial charge is 0.387 e. The Labute approximate surface area is 122 Å². The van der Waals surface area contributed by atoms with Crippen LogP contribution in [0.2, 0.25) is 0 Å². The summed E-state index contributed by atoms with van der Waals surface area (Å²) in [5.74, 6) is 0.338. The Hall–Kier alpha value is -1.85. The van der Waals surface area contributed by atoms with Crippen LogP contribution in [-0.4, -0.2) is 25.2 Å². The number of rotatable bonds is 6. The van der Waals surface area contributed by atoms with E-state index < -0.39 is 6.61 Å². The fourth-order valence-electron chi connectivity index (χ4n) is 2.66. The van der Waals surface area contributed by atoms with Crippen molar-refractivity contribution in [2.24, 2.45) is 0 Å². The highest BCUT2D eigenvalue weighted by atomic mass is 19.3. The maximum atomic E-state index is 12.4. The normalized spacial score (nSPS) is 21.5. The molecule has 0 spiro atoms. The van der Waals surface area contributed by atoms with E-state index in [4.69, 9.17) is 4.74 Å². The summed E-state index contributed by atoms with van der Waals surface area (Å²) in [4.78, 5) is 11.6. The molecule has 2 atom stereocenters. The number of alkyl halides is 2. The van der Waals surface area contributed by atoms with Crippen LogP contribution in [0.25, 0.3) is 0 Å². The number of ether oxygens (including phenoxy) is 2. The lowest BCUT2D eigenvalue weighted by Gasteiger charge is -2.19. The summed E-state index contributed by atoms with van der Waals surface area (Å²) >= 11 is 0. The molecule has 0 saturated carbocycles. The van der Waals surface area contributed by atoms with Crippen LogP contribution >= 0.6 is 0 Å². The van der Waals surface area contributed by atoms with Crippen LogP contribution in [-0.2, 0) is 4.79 Å². The van der Waals surface area contributed by atoms with Crippen molar-refractivity contribution in [2.75, 3.05) is 6.61 Å². The Morgan fingerprint density at radius 1 is 1.33 bits per heavy atom. The van der Waals surface area contributed by atoms with E-state index in [1.807, 2.05) is 6.92 Å². The predicted octanol–water partition coefficient (Wildman–Crippen LogP) is 3.07. The zero-order valence-electron chi connectivity index (χ0n) is 12.1. The van der Waals surface area contributed by atoms with Crippen molar-refractivity contribution < 1.29 is 23.0 Å². The first-order chi connectivity index (χ1) is 10.0. The summed E-state index contributed by atoms with van der Waals surface area (Å²) in [5.41, 5.74) is 0.894. The predicted molar refractivity (Wildman–Crippen MR) is 73.8 cm³/mol. The molecule has 4 nitrogen and oxygen atoms in total. The highest BCUT2D eigenvalue weighted by molar-refractivity contribution is 5.80. The van der Waals surface area contributed by atoms with Gasteiger partial charge in [-0.1, -0.05) is 13.0 Å². The fraction of sp³-hybridized carbons (Fsp3) is 0.533. The Bertz CT molecular complexity index is 508. The van der Waals surface area contributed by atoms with E-state index in [9.17, 15) is 13.6 Å². The molecule has 1 aliphatic rings. The van der Waals surface area contributed by atoms with Gasteiger partial charge in [-0.25, -0.2) is 0 Å². The molecule has 1 aromatic carbocycles. The van der Waals surface area contributed by atoms with Crippen LogP contribution in [0.5, 0.6) is 11.5 Å². The summed E-state index contributed by atoms with van der Waals surface area (Å²) in [6.45, 7) is 1.23. The second-order valence-corrected chi connectivity index (χ2v) is 4.91. The van der Waals surface area contributed by atoms with Gasteiger partial charge in [0, 0.05) is 18.4 Å². The summed E-state index contributed by atoms with van der Waals surface area (Å²) in [6, 6.07) is 4.94. The van der Waals surface area contributed by atoms with E-state index >= 15 is 0 Å². The first-order valence-corrected chi connectivity index (χ1v) is 7.06. The molecule has 0 aromatic heterocycles. The molecule has 1 aromatic rings. The second kappa shape index (κ2) is 6.74. The number of carbonyl (C=O) groups is 1. The van der Waals surface area contributed by atoms with E-state index in [-0.39, 0.29) is 29.4 Å². The molecule has 2 rings (SSSR count). The number of amides is 1. The first kappa shape index (κ1) is 15.5. The number of nitrogens with one attached hydrogen (secondary N) is 1. The second-order valence-electron chi connectivity index (χ2n) is 4.91. The van der Waals surface area contributed by atoms with Gasteiger partial charge in [0.2, 0.25) is 5.91 Å². The molecule has 1 heterocycles. The van der Waals surface area contributed by atoms with Crippen molar-refractivity contribution in [1.82, 2.24) is 5.32 Å². The lowest BCUT2D eigenvalue weighted by atomic mass is 9.90. The molecule has 1 fully saturated rings. The Morgan fingerprint density at radius 3 is 2.71 bits per heavy atom. The molecule has 1 aliphatic heterocycles. The molecule has 1 N–H and O–H groups in total. The van der Waals surface area contributed by atoms with Crippen molar-refractivity contribution in [3.8, 4) is 11.5 Å². The van der Waals surface area contributed by atoms with Gasteiger partial charge in [-0.15, -0.1) is 0 Å². The van der Waals surface area contributed by atoms with Gasteiger partial charge in [-0.3, -0.25) is 4.79 Å². The number of carbonyl (C=O) groups excluding carboxylic acids is 1. The van der Waals surface area contributed by atoms with E-state index in [0.29, 0.717) is 13.0 Å². The summed E-state index contributed by atoms with van der Waals surface area (Å²) in [7, 11) is 0. The quantitative estimate of drug-likeness (QED) is 0.878. The molecule has 0 radical (unpaired) electrons. The third-order valence-corrected chi connectivity index (χ3v) is 3.59. The van der Waals surface area contributed by atoms with E-state index in [1.54, 1.807) is 19.1 Å². The maximum absolute atomic E-state index is 12.4. The van der Waals surface area contributed by atoms with Gasteiger partial charge in [-0.05, 0) is 31.0 Å². The summed E-state index contributed by atoms with van der Waals surface area (Å²) < 4.78 is 34.6.